The number of aromatic carboxylic acids is 1. The summed E-state index contributed by atoms with van der Waals surface area (Å²) in [6.07, 6.45) is 1.37. The van der Waals surface area contributed by atoms with Crippen LogP contribution < -0.4 is 15.8 Å². The van der Waals surface area contributed by atoms with Crippen LogP contribution in [0.5, 0.6) is 0 Å². The van der Waals surface area contributed by atoms with E-state index in [4.69, 9.17) is 5.11 Å². The van der Waals surface area contributed by atoms with Crippen LogP contribution in [0.15, 0.2) is 35.3 Å². The Morgan fingerprint density at radius 1 is 1.14 bits per heavy atom. The standard InChI is InChI=1S/C18H16N6O5/c1-9(25)20-18-22-15-14(16(27)23-18)21-12(7-19-15)8-24(10(2)26)13-5-3-11(4-6-13)17(28)29/h3-7H,8H2,1-2H3,(H,28,29)(H2,19,20,22,23,25,27). The van der Waals surface area contributed by atoms with Crippen molar-refractivity contribution in [1.29, 1.82) is 0 Å². The van der Waals surface area contributed by atoms with Crippen molar-refractivity contribution in [3.05, 3.63) is 52.1 Å². The summed E-state index contributed by atoms with van der Waals surface area (Å²) < 4.78 is 0. The Kier molecular flexibility index (Phi) is 5.30. The summed E-state index contributed by atoms with van der Waals surface area (Å²) in [6, 6.07) is 5.79. The lowest BCUT2D eigenvalue weighted by Gasteiger charge is -2.21. The number of amides is 2. The van der Waals surface area contributed by atoms with E-state index in [1.807, 2.05) is 0 Å². The Morgan fingerprint density at radius 3 is 2.41 bits per heavy atom. The highest BCUT2D eigenvalue weighted by Gasteiger charge is 2.16. The van der Waals surface area contributed by atoms with E-state index in [1.165, 1.54) is 49.2 Å². The zero-order chi connectivity index (χ0) is 21.1. The number of benzene rings is 1. The second kappa shape index (κ2) is 7.84. The van der Waals surface area contributed by atoms with Gasteiger partial charge in [0.05, 0.1) is 24.0 Å². The van der Waals surface area contributed by atoms with Gasteiger partial charge >= 0.3 is 5.97 Å². The molecule has 0 aliphatic rings. The number of nitrogens with one attached hydrogen (secondary N) is 2. The van der Waals surface area contributed by atoms with Crippen LogP contribution >= 0.6 is 0 Å². The lowest BCUT2D eigenvalue weighted by atomic mass is 10.2. The summed E-state index contributed by atoms with van der Waals surface area (Å²) in [6.45, 7) is 2.64. The molecule has 0 bridgehead atoms. The van der Waals surface area contributed by atoms with E-state index in [-0.39, 0.29) is 35.1 Å². The van der Waals surface area contributed by atoms with Gasteiger partial charge < -0.3 is 10.0 Å². The number of nitrogens with zero attached hydrogens (tertiary/aromatic N) is 4. The van der Waals surface area contributed by atoms with Crippen molar-refractivity contribution in [2.45, 2.75) is 20.4 Å². The lowest BCUT2D eigenvalue weighted by molar-refractivity contribution is -0.117. The Labute approximate surface area is 163 Å². The smallest absolute Gasteiger partial charge is 0.335 e. The number of aromatic nitrogens is 4. The number of aromatic amines is 1. The SMILES string of the molecule is CC(=O)Nc1nc2ncc(CN(C(C)=O)c3ccc(C(=O)O)cc3)nc2c(=O)[nH]1. The van der Waals surface area contributed by atoms with Gasteiger partial charge in [-0.2, -0.15) is 4.98 Å². The zero-order valence-electron chi connectivity index (χ0n) is 15.5. The third-order valence-corrected chi connectivity index (χ3v) is 3.89. The molecule has 11 heteroatoms. The molecular weight excluding hydrogens is 380 g/mol. The molecule has 0 fully saturated rings. The fraction of sp³-hybridized carbons (Fsp3) is 0.167. The van der Waals surface area contributed by atoms with Crippen LogP contribution in [0.3, 0.4) is 0 Å². The van der Waals surface area contributed by atoms with Crippen LogP contribution in [-0.2, 0) is 16.1 Å². The fourth-order valence-corrected chi connectivity index (χ4v) is 2.59. The third kappa shape index (κ3) is 4.40. The highest BCUT2D eigenvalue weighted by atomic mass is 16.4. The van der Waals surface area contributed by atoms with Gasteiger partial charge in [0.25, 0.3) is 5.56 Å². The number of anilines is 2. The van der Waals surface area contributed by atoms with Gasteiger partial charge in [-0.25, -0.2) is 14.8 Å². The second-order valence-corrected chi connectivity index (χ2v) is 6.09. The molecule has 0 unspecified atom stereocenters. The molecule has 0 saturated carbocycles. The molecule has 148 valence electrons. The first-order valence-corrected chi connectivity index (χ1v) is 8.39. The normalized spacial score (nSPS) is 10.6. The molecule has 2 heterocycles. The number of carbonyl (C=O) groups is 3. The molecule has 2 aromatic heterocycles. The summed E-state index contributed by atoms with van der Waals surface area (Å²) in [5.41, 5.74) is 0.304. The average Bonchev–Trinajstić information content (AvgIpc) is 2.66. The molecule has 3 N–H and O–H groups in total. The average molecular weight is 396 g/mol. The van der Waals surface area contributed by atoms with Crippen molar-refractivity contribution >= 4 is 40.6 Å². The van der Waals surface area contributed by atoms with E-state index in [0.29, 0.717) is 11.4 Å². The van der Waals surface area contributed by atoms with E-state index in [1.54, 1.807) is 0 Å². The summed E-state index contributed by atoms with van der Waals surface area (Å²) in [5.74, 6) is -1.82. The molecular formula is C18H16N6O5. The molecule has 1 aromatic carbocycles. The van der Waals surface area contributed by atoms with E-state index in [0.717, 1.165) is 0 Å². The monoisotopic (exact) mass is 396 g/mol. The topological polar surface area (TPSA) is 158 Å². The first-order chi connectivity index (χ1) is 13.7. The fourth-order valence-electron chi connectivity index (χ4n) is 2.59. The minimum absolute atomic E-state index is 0.0115. The number of carbonyl (C=O) groups excluding carboxylic acids is 2. The van der Waals surface area contributed by atoms with Crippen LogP contribution in [0.4, 0.5) is 11.6 Å². The van der Waals surface area contributed by atoms with Crippen LogP contribution in [-0.4, -0.2) is 42.8 Å². The maximum absolute atomic E-state index is 12.2. The second-order valence-electron chi connectivity index (χ2n) is 6.09. The van der Waals surface area contributed by atoms with E-state index >= 15 is 0 Å². The number of hydrogen-bond acceptors (Lipinski definition) is 7. The quantitative estimate of drug-likeness (QED) is 0.574. The van der Waals surface area contributed by atoms with Crippen LogP contribution in [0.25, 0.3) is 11.2 Å². The highest BCUT2D eigenvalue weighted by Crippen LogP contribution is 2.18. The first-order valence-electron chi connectivity index (χ1n) is 8.39. The predicted molar refractivity (Wildman–Crippen MR) is 103 cm³/mol. The maximum Gasteiger partial charge on any atom is 0.335 e. The highest BCUT2D eigenvalue weighted by molar-refractivity contribution is 5.93. The lowest BCUT2D eigenvalue weighted by Crippen LogP contribution is -2.28. The van der Waals surface area contributed by atoms with Gasteiger partial charge in [-0.1, -0.05) is 0 Å². The van der Waals surface area contributed by atoms with E-state index < -0.39 is 17.4 Å². The Bertz CT molecular complexity index is 1170. The number of fused-ring (bicyclic) bond motifs is 1. The third-order valence-electron chi connectivity index (χ3n) is 3.89. The summed E-state index contributed by atoms with van der Waals surface area (Å²) in [5, 5.41) is 11.4. The van der Waals surface area contributed by atoms with Crippen molar-refractivity contribution in [2.24, 2.45) is 0 Å². The number of rotatable bonds is 5. The molecule has 2 amide bonds. The minimum Gasteiger partial charge on any atom is -0.478 e. The van der Waals surface area contributed by atoms with Crippen molar-refractivity contribution in [1.82, 2.24) is 19.9 Å². The molecule has 0 saturated heterocycles. The van der Waals surface area contributed by atoms with E-state index in [2.05, 4.69) is 25.3 Å². The van der Waals surface area contributed by atoms with E-state index in [9.17, 15) is 19.2 Å². The maximum atomic E-state index is 12.2. The van der Waals surface area contributed by atoms with Gasteiger partial charge in [-0.15, -0.1) is 0 Å². The zero-order valence-corrected chi connectivity index (χ0v) is 15.5. The van der Waals surface area contributed by atoms with Crippen LogP contribution in [0, 0.1) is 0 Å². The Morgan fingerprint density at radius 2 is 1.83 bits per heavy atom. The molecule has 3 rings (SSSR count). The molecule has 11 nitrogen and oxygen atoms in total. The van der Waals surface area contributed by atoms with Crippen LogP contribution in [0.1, 0.15) is 29.9 Å². The van der Waals surface area contributed by atoms with Gasteiger partial charge in [-0.05, 0) is 24.3 Å². The van der Waals surface area contributed by atoms with Crippen molar-refractivity contribution in [3.8, 4) is 0 Å². The summed E-state index contributed by atoms with van der Waals surface area (Å²) in [7, 11) is 0. The molecule has 0 radical (unpaired) electrons. The largest absolute Gasteiger partial charge is 0.478 e. The molecule has 3 aromatic rings. The van der Waals surface area contributed by atoms with Crippen molar-refractivity contribution in [3.63, 3.8) is 0 Å². The Balaban J connectivity index is 1.93. The summed E-state index contributed by atoms with van der Waals surface area (Å²) in [4.78, 5) is 62.5. The summed E-state index contributed by atoms with van der Waals surface area (Å²) >= 11 is 0. The van der Waals surface area contributed by atoms with Crippen LogP contribution in [0.2, 0.25) is 0 Å². The molecule has 29 heavy (non-hydrogen) atoms. The minimum atomic E-state index is -1.07. The van der Waals surface area contributed by atoms with Gasteiger partial charge in [0.1, 0.15) is 0 Å². The van der Waals surface area contributed by atoms with Gasteiger partial charge in [-0.3, -0.25) is 24.7 Å². The Hall–Kier alpha value is -4.15. The molecule has 0 atom stereocenters. The molecule has 0 aliphatic heterocycles. The molecule has 0 spiro atoms. The van der Waals surface area contributed by atoms with Gasteiger partial charge in [0, 0.05) is 19.5 Å². The van der Waals surface area contributed by atoms with Crippen molar-refractivity contribution < 1.29 is 19.5 Å². The molecule has 0 aliphatic carbocycles. The van der Waals surface area contributed by atoms with Gasteiger partial charge in [0.2, 0.25) is 17.8 Å². The number of carboxylic acids is 1. The van der Waals surface area contributed by atoms with Gasteiger partial charge in [0.15, 0.2) is 11.2 Å². The number of hydrogen-bond donors (Lipinski definition) is 3. The number of H-pyrrole nitrogens is 1. The number of carboxylic acid groups (broad SMARTS) is 1. The van der Waals surface area contributed by atoms with Crippen molar-refractivity contribution in [2.75, 3.05) is 10.2 Å². The predicted octanol–water partition coefficient (Wildman–Crippen LogP) is 0.923. The first kappa shape index (κ1) is 19.6.